The lowest BCUT2D eigenvalue weighted by Crippen LogP contribution is -2.29. The van der Waals surface area contributed by atoms with Crippen LogP contribution in [0.4, 0.5) is 0 Å². The molecule has 0 bridgehead atoms. The molecule has 0 aromatic carbocycles. The number of carbonyl (C=O) groups is 2. The number of nitrogens with zero attached hydrogens (tertiary/aromatic N) is 4. The molecule has 1 aliphatic rings. The molecule has 0 unspecified atom stereocenters. The van der Waals surface area contributed by atoms with Gasteiger partial charge < -0.3 is 10.0 Å². The van der Waals surface area contributed by atoms with E-state index in [1.54, 1.807) is 27.9 Å². The SMILES string of the molecule is Cc1ncsc1CCC(=O)N1C[C@H](CC(=O)O)[C@H](c2cn[nH]n2)C1. The molecule has 0 aliphatic carbocycles. The highest BCUT2D eigenvalue weighted by Gasteiger charge is 2.38. The normalized spacial score (nSPS) is 20.5. The quantitative estimate of drug-likeness (QED) is 0.811. The first-order chi connectivity index (χ1) is 11.5. The molecule has 0 saturated carbocycles. The molecule has 0 spiro atoms. The highest BCUT2D eigenvalue weighted by molar-refractivity contribution is 7.09. The smallest absolute Gasteiger partial charge is 0.303 e. The van der Waals surface area contributed by atoms with Gasteiger partial charge >= 0.3 is 5.97 Å². The molecule has 2 N–H and O–H groups in total. The van der Waals surface area contributed by atoms with Crippen LogP contribution in [-0.4, -0.2) is 55.4 Å². The van der Waals surface area contributed by atoms with Crippen LogP contribution >= 0.6 is 11.3 Å². The van der Waals surface area contributed by atoms with Gasteiger partial charge in [-0.2, -0.15) is 15.4 Å². The number of thiazole rings is 1. The number of aliphatic carboxylic acids is 1. The maximum Gasteiger partial charge on any atom is 0.303 e. The zero-order chi connectivity index (χ0) is 17.1. The number of hydrogen-bond acceptors (Lipinski definition) is 6. The molecular formula is C15H19N5O3S. The van der Waals surface area contributed by atoms with Crippen molar-refractivity contribution in [2.24, 2.45) is 5.92 Å². The van der Waals surface area contributed by atoms with Gasteiger partial charge in [0.2, 0.25) is 5.91 Å². The standard InChI is InChI=1S/C15H19N5O3S/c1-9-13(24-8-16-9)2-3-14(21)20-6-10(4-15(22)23)11(7-20)12-5-17-19-18-12/h5,8,10-11H,2-4,6-7H2,1H3,(H,22,23)(H,17,18,19)/t10-,11+/m0/s1. The molecular weight excluding hydrogens is 330 g/mol. The molecule has 2 aromatic heterocycles. The first-order valence-electron chi connectivity index (χ1n) is 7.78. The van der Waals surface area contributed by atoms with Crippen molar-refractivity contribution >= 4 is 23.2 Å². The Morgan fingerprint density at radius 2 is 2.29 bits per heavy atom. The fourth-order valence-electron chi connectivity index (χ4n) is 3.17. The number of aromatic nitrogens is 4. The number of aryl methyl sites for hydroxylation is 2. The second-order valence-electron chi connectivity index (χ2n) is 6.02. The largest absolute Gasteiger partial charge is 0.481 e. The van der Waals surface area contributed by atoms with Crippen molar-refractivity contribution in [3.63, 3.8) is 0 Å². The summed E-state index contributed by atoms with van der Waals surface area (Å²) >= 11 is 1.56. The molecule has 24 heavy (non-hydrogen) atoms. The molecule has 1 amide bonds. The number of hydrogen-bond donors (Lipinski definition) is 2. The van der Waals surface area contributed by atoms with Crippen LogP contribution in [0.2, 0.25) is 0 Å². The lowest BCUT2D eigenvalue weighted by Gasteiger charge is -2.16. The van der Waals surface area contributed by atoms with E-state index in [4.69, 9.17) is 5.11 Å². The number of aromatic amines is 1. The second kappa shape index (κ2) is 7.08. The van der Waals surface area contributed by atoms with E-state index in [0.717, 1.165) is 16.3 Å². The van der Waals surface area contributed by atoms with Gasteiger partial charge in [0.1, 0.15) is 0 Å². The summed E-state index contributed by atoms with van der Waals surface area (Å²) in [6.07, 6.45) is 2.71. The summed E-state index contributed by atoms with van der Waals surface area (Å²) in [5.74, 6) is -1.04. The molecule has 9 heteroatoms. The van der Waals surface area contributed by atoms with Crippen LogP contribution in [-0.2, 0) is 16.0 Å². The topological polar surface area (TPSA) is 112 Å². The van der Waals surface area contributed by atoms with Crippen molar-refractivity contribution in [3.8, 4) is 0 Å². The Hall–Kier alpha value is -2.29. The van der Waals surface area contributed by atoms with E-state index in [0.29, 0.717) is 25.9 Å². The van der Waals surface area contributed by atoms with Crippen molar-refractivity contribution in [3.05, 3.63) is 28.0 Å². The summed E-state index contributed by atoms with van der Waals surface area (Å²) < 4.78 is 0. The minimum atomic E-state index is -0.858. The first-order valence-corrected chi connectivity index (χ1v) is 8.66. The van der Waals surface area contributed by atoms with Crippen molar-refractivity contribution in [1.29, 1.82) is 0 Å². The maximum absolute atomic E-state index is 12.5. The molecule has 128 valence electrons. The number of carboxylic acids is 1. The average molecular weight is 349 g/mol. The molecule has 3 rings (SSSR count). The van der Waals surface area contributed by atoms with Crippen LogP contribution in [0.1, 0.15) is 35.0 Å². The predicted molar refractivity (Wildman–Crippen MR) is 86.6 cm³/mol. The van der Waals surface area contributed by atoms with E-state index in [1.807, 2.05) is 6.92 Å². The van der Waals surface area contributed by atoms with Gasteiger partial charge in [-0.3, -0.25) is 9.59 Å². The summed E-state index contributed by atoms with van der Waals surface area (Å²) in [6, 6.07) is 0. The number of nitrogens with one attached hydrogen (secondary N) is 1. The zero-order valence-electron chi connectivity index (χ0n) is 13.3. The lowest BCUT2D eigenvalue weighted by molar-refractivity contribution is -0.138. The first kappa shape index (κ1) is 16.6. The van der Waals surface area contributed by atoms with E-state index in [1.165, 1.54) is 0 Å². The number of amides is 1. The monoisotopic (exact) mass is 349 g/mol. The van der Waals surface area contributed by atoms with E-state index in [9.17, 15) is 9.59 Å². The minimum Gasteiger partial charge on any atom is -0.481 e. The van der Waals surface area contributed by atoms with Gasteiger partial charge in [-0.1, -0.05) is 0 Å². The zero-order valence-corrected chi connectivity index (χ0v) is 14.1. The Morgan fingerprint density at radius 3 is 2.92 bits per heavy atom. The van der Waals surface area contributed by atoms with Crippen LogP contribution in [0, 0.1) is 12.8 Å². The Kier molecular flexibility index (Phi) is 4.89. The summed E-state index contributed by atoms with van der Waals surface area (Å²) in [5, 5.41) is 19.5. The summed E-state index contributed by atoms with van der Waals surface area (Å²) in [5.41, 5.74) is 3.47. The third-order valence-corrected chi connectivity index (χ3v) is 5.45. The van der Waals surface area contributed by atoms with Crippen LogP contribution < -0.4 is 0 Å². The van der Waals surface area contributed by atoms with Gasteiger partial charge in [0.25, 0.3) is 0 Å². The van der Waals surface area contributed by atoms with Crippen LogP contribution in [0.25, 0.3) is 0 Å². The second-order valence-corrected chi connectivity index (χ2v) is 6.96. The van der Waals surface area contributed by atoms with E-state index in [2.05, 4.69) is 20.4 Å². The van der Waals surface area contributed by atoms with Crippen molar-refractivity contribution < 1.29 is 14.7 Å². The number of carboxylic acid groups (broad SMARTS) is 1. The number of likely N-dealkylation sites (tertiary alicyclic amines) is 1. The summed E-state index contributed by atoms with van der Waals surface area (Å²) in [4.78, 5) is 30.7. The van der Waals surface area contributed by atoms with Crippen molar-refractivity contribution in [2.45, 2.75) is 32.1 Å². The molecule has 8 nitrogen and oxygen atoms in total. The number of rotatable bonds is 6. The molecule has 0 radical (unpaired) electrons. The molecule has 1 fully saturated rings. The van der Waals surface area contributed by atoms with Gasteiger partial charge in [0, 0.05) is 30.3 Å². The summed E-state index contributed by atoms with van der Waals surface area (Å²) in [6.45, 7) is 2.88. The molecule has 1 saturated heterocycles. The van der Waals surface area contributed by atoms with Crippen molar-refractivity contribution in [2.75, 3.05) is 13.1 Å². The minimum absolute atomic E-state index is 0.0231. The molecule has 3 heterocycles. The van der Waals surface area contributed by atoms with Crippen molar-refractivity contribution in [1.82, 2.24) is 25.3 Å². The summed E-state index contributed by atoms with van der Waals surface area (Å²) in [7, 11) is 0. The Labute approximate surface area is 142 Å². The maximum atomic E-state index is 12.5. The fourth-order valence-corrected chi connectivity index (χ4v) is 3.96. The third-order valence-electron chi connectivity index (χ3n) is 4.45. The van der Waals surface area contributed by atoms with Gasteiger partial charge in [-0.25, -0.2) is 4.98 Å². The van der Waals surface area contributed by atoms with E-state index >= 15 is 0 Å². The molecule has 2 aromatic rings. The highest BCUT2D eigenvalue weighted by Crippen LogP contribution is 2.34. The van der Waals surface area contributed by atoms with Crippen LogP contribution in [0.15, 0.2) is 11.7 Å². The third kappa shape index (κ3) is 3.61. The average Bonchev–Trinajstić information content (AvgIpc) is 3.24. The van der Waals surface area contributed by atoms with Gasteiger partial charge in [-0.05, 0) is 19.3 Å². The van der Waals surface area contributed by atoms with E-state index in [-0.39, 0.29) is 24.2 Å². The fraction of sp³-hybridized carbons (Fsp3) is 0.533. The molecule has 2 atom stereocenters. The lowest BCUT2D eigenvalue weighted by atomic mass is 9.91. The van der Waals surface area contributed by atoms with Gasteiger partial charge in [-0.15, -0.1) is 11.3 Å². The highest BCUT2D eigenvalue weighted by atomic mass is 32.1. The molecule has 1 aliphatic heterocycles. The Morgan fingerprint density at radius 1 is 1.46 bits per heavy atom. The van der Waals surface area contributed by atoms with Crippen LogP contribution in [0.5, 0.6) is 0 Å². The number of carbonyl (C=O) groups excluding carboxylic acids is 1. The predicted octanol–water partition coefficient (Wildman–Crippen LogP) is 1.22. The van der Waals surface area contributed by atoms with E-state index < -0.39 is 5.97 Å². The number of H-pyrrole nitrogens is 1. The van der Waals surface area contributed by atoms with Gasteiger partial charge in [0.15, 0.2) is 0 Å². The van der Waals surface area contributed by atoms with Crippen LogP contribution in [0.3, 0.4) is 0 Å². The Balaban J connectivity index is 1.64. The Bertz CT molecular complexity index is 715. The van der Waals surface area contributed by atoms with Gasteiger partial charge in [0.05, 0.1) is 29.5 Å².